The molecule has 4 aromatic rings. The minimum Gasteiger partial charge on any atom is -0.459 e. The second-order valence-electron chi connectivity index (χ2n) is 9.18. The lowest BCUT2D eigenvalue weighted by atomic mass is 10.1. The number of carbonyl (C=O) groups excluding carboxylic acids is 2. The zero-order valence-electron chi connectivity index (χ0n) is 22.0. The van der Waals surface area contributed by atoms with E-state index >= 15 is 0 Å². The van der Waals surface area contributed by atoms with Crippen LogP contribution in [-0.4, -0.2) is 62.8 Å². The third-order valence-electron chi connectivity index (χ3n) is 6.45. The van der Waals surface area contributed by atoms with Gasteiger partial charge in [-0.2, -0.15) is 0 Å². The van der Waals surface area contributed by atoms with Gasteiger partial charge in [0, 0.05) is 6.42 Å². The monoisotopic (exact) mass is 564 g/mol. The van der Waals surface area contributed by atoms with Gasteiger partial charge in [-0.05, 0) is 50.6 Å². The third kappa shape index (κ3) is 5.95. The molecule has 1 aliphatic heterocycles. The molecule has 1 saturated heterocycles. The number of hydrogen-bond acceptors (Lipinski definition) is 10. The van der Waals surface area contributed by atoms with Gasteiger partial charge in [0.2, 0.25) is 0 Å². The minimum atomic E-state index is -0.682. The van der Waals surface area contributed by atoms with Crippen LogP contribution in [0.2, 0.25) is 0 Å². The van der Waals surface area contributed by atoms with Crippen LogP contribution in [0.5, 0.6) is 0 Å². The van der Waals surface area contributed by atoms with Gasteiger partial charge >= 0.3 is 11.9 Å². The summed E-state index contributed by atoms with van der Waals surface area (Å²) < 4.78 is 19.7. The molecule has 9 nitrogen and oxygen atoms in total. The van der Waals surface area contributed by atoms with Crippen LogP contribution < -0.4 is 0 Å². The Kier molecular flexibility index (Phi) is 8.20. The molecule has 2 aromatic carbocycles. The summed E-state index contributed by atoms with van der Waals surface area (Å²) in [7, 11) is 0. The van der Waals surface area contributed by atoms with E-state index in [0.717, 1.165) is 16.2 Å². The first-order valence-corrected chi connectivity index (χ1v) is 14.8. The molecule has 0 amide bonds. The normalized spacial score (nSPS) is 18.8. The molecule has 0 radical (unpaired) electrons. The topological polar surface area (TPSA) is 105 Å². The van der Waals surface area contributed by atoms with Crippen LogP contribution in [0.4, 0.5) is 0 Å². The van der Waals surface area contributed by atoms with E-state index in [1.54, 1.807) is 30.6 Å². The number of rotatable bonds is 8. The van der Waals surface area contributed by atoms with Crippen LogP contribution in [-0.2, 0) is 14.2 Å². The van der Waals surface area contributed by atoms with Gasteiger partial charge in [-0.3, -0.25) is 4.57 Å². The van der Waals surface area contributed by atoms with Crippen LogP contribution in [0, 0.1) is 13.8 Å². The standard InChI is InChI=1S/C28H28N4O5S2/c1-16-5-9-18(10-6-16)26(33)35-14-21-20(37-27(34)19-11-7-17(2)8-12-19)13-22(36-21)32-15-29-23-24(32)30-28(39-4)31-25(23)38-3/h5-12,15,20-22H,13-14H2,1-4H3/t20-,21+,22+/m0/s1. The molecular formula is C28H28N4O5S2. The number of imidazole rings is 1. The quantitative estimate of drug-likeness (QED) is 0.122. The maximum Gasteiger partial charge on any atom is 0.338 e. The molecular weight excluding hydrogens is 536 g/mol. The van der Waals surface area contributed by atoms with Crippen molar-refractivity contribution in [1.29, 1.82) is 0 Å². The maximum absolute atomic E-state index is 13.0. The first-order valence-electron chi connectivity index (χ1n) is 12.4. The Morgan fingerprint density at radius 2 is 1.59 bits per heavy atom. The van der Waals surface area contributed by atoms with E-state index < -0.39 is 30.4 Å². The van der Waals surface area contributed by atoms with Crippen molar-refractivity contribution >= 4 is 46.6 Å². The summed E-state index contributed by atoms with van der Waals surface area (Å²) >= 11 is 2.94. The summed E-state index contributed by atoms with van der Waals surface area (Å²) in [4.78, 5) is 39.4. The Morgan fingerprint density at radius 1 is 0.949 bits per heavy atom. The van der Waals surface area contributed by atoms with Gasteiger partial charge in [-0.1, -0.05) is 47.2 Å². The molecule has 2 aromatic heterocycles. The predicted molar refractivity (Wildman–Crippen MR) is 149 cm³/mol. The lowest BCUT2D eigenvalue weighted by Gasteiger charge is -2.19. The number of carbonyl (C=O) groups is 2. The summed E-state index contributed by atoms with van der Waals surface area (Å²) in [5.74, 6) is -0.938. The Morgan fingerprint density at radius 3 is 2.21 bits per heavy atom. The van der Waals surface area contributed by atoms with E-state index in [0.29, 0.717) is 33.9 Å². The second-order valence-corrected chi connectivity index (χ2v) is 10.8. The van der Waals surface area contributed by atoms with Gasteiger partial charge in [-0.25, -0.2) is 24.5 Å². The molecule has 0 N–H and O–H groups in total. The fourth-order valence-electron chi connectivity index (χ4n) is 4.29. The predicted octanol–water partition coefficient (Wildman–Crippen LogP) is 5.26. The van der Waals surface area contributed by atoms with Crippen molar-refractivity contribution in [2.45, 2.75) is 48.9 Å². The van der Waals surface area contributed by atoms with Gasteiger partial charge in [0.15, 0.2) is 10.8 Å². The highest BCUT2D eigenvalue weighted by atomic mass is 32.2. The summed E-state index contributed by atoms with van der Waals surface area (Å²) in [6, 6.07) is 14.3. The largest absolute Gasteiger partial charge is 0.459 e. The summed E-state index contributed by atoms with van der Waals surface area (Å²) in [6.45, 7) is 3.82. The van der Waals surface area contributed by atoms with Crippen molar-refractivity contribution in [3.8, 4) is 0 Å². The molecule has 39 heavy (non-hydrogen) atoms. The number of esters is 2. The van der Waals surface area contributed by atoms with Crippen LogP contribution in [0.1, 0.15) is 44.5 Å². The molecule has 3 atom stereocenters. The lowest BCUT2D eigenvalue weighted by molar-refractivity contribution is -0.0563. The number of aromatic nitrogens is 4. The fourth-order valence-corrected chi connectivity index (χ4v) is 5.22. The van der Waals surface area contributed by atoms with Crippen molar-refractivity contribution in [3.63, 3.8) is 0 Å². The summed E-state index contributed by atoms with van der Waals surface area (Å²) in [5, 5.41) is 1.39. The molecule has 0 saturated carbocycles. The number of benzene rings is 2. The van der Waals surface area contributed by atoms with E-state index in [1.165, 1.54) is 23.5 Å². The number of nitrogens with zero attached hydrogens (tertiary/aromatic N) is 4. The Labute approximate surface area is 234 Å². The van der Waals surface area contributed by atoms with E-state index in [4.69, 9.17) is 14.2 Å². The van der Waals surface area contributed by atoms with Crippen molar-refractivity contribution in [2.75, 3.05) is 19.1 Å². The summed E-state index contributed by atoms with van der Waals surface area (Å²) in [5.41, 5.74) is 4.27. The fraction of sp³-hybridized carbons (Fsp3) is 0.321. The number of thioether (sulfide) groups is 2. The number of aryl methyl sites for hydroxylation is 2. The van der Waals surface area contributed by atoms with Gasteiger partial charge < -0.3 is 14.2 Å². The molecule has 1 aliphatic rings. The highest BCUT2D eigenvalue weighted by molar-refractivity contribution is 7.99. The van der Waals surface area contributed by atoms with E-state index in [-0.39, 0.29) is 6.61 Å². The first kappa shape index (κ1) is 27.2. The highest BCUT2D eigenvalue weighted by Gasteiger charge is 2.41. The Hall–Kier alpha value is -3.41. The molecule has 3 heterocycles. The van der Waals surface area contributed by atoms with Crippen LogP contribution >= 0.6 is 23.5 Å². The van der Waals surface area contributed by atoms with Crippen molar-refractivity contribution in [1.82, 2.24) is 19.5 Å². The molecule has 0 unspecified atom stereocenters. The number of ether oxygens (including phenoxy) is 3. The van der Waals surface area contributed by atoms with E-state index in [9.17, 15) is 9.59 Å². The molecule has 0 spiro atoms. The molecule has 202 valence electrons. The highest BCUT2D eigenvalue weighted by Crippen LogP contribution is 2.35. The van der Waals surface area contributed by atoms with Crippen molar-refractivity contribution in [2.24, 2.45) is 0 Å². The van der Waals surface area contributed by atoms with Gasteiger partial charge in [0.1, 0.15) is 35.6 Å². The molecule has 11 heteroatoms. The second kappa shape index (κ2) is 11.8. The zero-order chi connectivity index (χ0) is 27.5. The first-order chi connectivity index (χ1) is 18.9. The van der Waals surface area contributed by atoms with E-state index in [2.05, 4.69) is 15.0 Å². The van der Waals surface area contributed by atoms with Gasteiger partial charge in [0.25, 0.3) is 0 Å². The lowest BCUT2D eigenvalue weighted by Crippen LogP contribution is -2.32. The van der Waals surface area contributed by atoms with Crippen LogP contribution in [0.25, 0.3) is 11.2 Å². The van der Waals surface area contributed by atoms with Crippen LogP contribution in [0.3, 0.4) is 0 Å². The number of hydrogen-bond donors (Lipinski definition) is 0. The number of fused-ring (bicyclic) bond motifs is 1. The molecule has 1 fully saturated rings. The van der Waals surface area contributed by atoms with Gasteiger partial charge in [0.05, 0.1) is 17.5 Å². The van der Waals surface area contributed by atoms with Crippen molar-refractivity contribution in [3.05, 3.63) is 77.1 Å². The van der Waals surface area contributed by atoms with Crippen molar-refractivity contribution < 1.29 is 23.8 Å². The zero-order valence-corrected chi connectivity index (χ0v) is 23.6. The van der Waals surface area contributed by atoms with Crippen LogP contribution in [0.15, 0.2) is 65.0 Å². The maximum atomic E-state index is 13.0. The molecule has 5 rings (SSSR count). The third-order valence-corrected chi connectivity index (χ3v) is 7.67. The Bertz CT molecular complexity index is 1490. The minimum absolute atomic E-state index is 0.0806. The molecule has 0 bridgehead atoms. The Balaban J connectivity index is 1.39. The smallest absolute Gasteiger partial charge is 0.338 e. The average molecular weight is 565 g/mol. The SMILES string of the molecule is CSc1nc(SC)c2ncn([C@H]3C[C@H](OC(=O)c4ccc(C)cc4)[C@@H](COC(=O)c4ccc(C)cc4)O3)c2n1. The average Bonchev–Trinajstić information content (AvgIpc) is 3.55. The van der Waals surface area contributed by atoms with E-state index in [1.807, 2.05) is 55.2 Å². The molecule has 0 aliphatic carbocycles. The summed E-state index contributed by atoms with van der Waals surface area (Å²) in [6.07, 6.45) is 3.98. The van der Waals surface area contributed by atoms with Gasteiger partial charge in [-0.15, -0.1) is 11.8 Å².